The maximum atomic E-state index is 12.6. The first-order chi connectivity index (χ1) is 4.01. The number of hydrogen-bond donors (Lipinski definition) is 0. The molecule has 0 saturated carbocycles. The second-order valence-electron chi connectivity index (χ2n) is 3.14. The van der Waals surface area contributed by atoms with Crippen molar-refractivity contribution in [1.82, 2.24) is 0 Å². The molecule has 0 heterocycles. The fraction of sp³-hybridized carbons (Fsp3) is 0.500. The first-order valence-electron chi connectivity index (χ1n) is 3.09. The number of hydrogen-bond acceptors (Lipinski definition) is 0. The average Bonchev–Trinajstić information content (AvgIpc) is 1.79. The summed E-state index contributed by atoms with van der Waals surface area (Å²) in [5.74, 6) is -0.0694. The fourth-order valence-electron chi connectivity index (χ4n) is 1.11. The summed E-state index contributed by atoms with van der Waals surface area (Å²) in [6.45, 7) is 5.77. The van der Waals surface area contributed by atoms with Gasteiger partial charge in [-0.05, 0) is 18.6 Å². The van der Waals surface area contributed by atoms with E-state index in [0.29, 0.717) is 0 Å². The van der Waals surface area contributed by atoms with Gasteiger partial charge in [-0.1, -0.05) is 19.9 Å². The second-order valence-corrected chi connectivity index (χ2v) is 3.14. The van der Waals surface area contributed by atoms with Crippen LogP contribution in [0.1, 0.15) is 20.8 Å². The normalized spacial score (nSPS) is 23.6. The molecule has 50 valence electrons. The molecule has 0 radical (unpaired) electrons. The molecule has 0 aromatic rings. The predicted molar refractivity (Wildman–Crippen MR) is 36.7 cm³/mol. The van der Waals surface area contributed by atoms with Gasteiger partial charge in [0, 0.05) is 5.41 Å². The van der Waals surface area contributed by atoms with Crippen molar-refractivity contribution >= 4 is 0 Å². The number of halogens is 1. The second kappa shape index (κ2) is 1.69. The zero-order valence-electron chi connectivity index (χ0n) is 6.03. The molecular formula is C8H11F. The molecule has 1 aliphatic rings. The Morgan fingerprint density at radius 1 is 1.33 bits per heavy atom. The molecule has 0 spiro atoms. The van der Waals surface area contributed by atoms with Gasteiger partial charge in [0.25, 0.3) is 0 Å². The molecule has 0 atom stereocenters. The summed E-state index contributed by atoms with van der Waals surface area (Å²) < 4.78 is 12.6. The summed E-state index contributed by atoms with van der Waals surface area (Å²) in [7, 11) is 0. The molecule has 0 N–H and O–H groups in total. The lowest BCUT2D eigenvalue weighted by molar-refractivity contribution is 0.606. The van der Waals surface area contributed by atoms with Crippen LogP contribution < -0.4 is 0 Å². The Bertz CT molecular complexity index is 165. The highest BCUT2D eigenvalue weighted by Crippen LogP contribution is 2.33. The molecule has 0 unspecified atom stereocenters. The van der Waals surface area contributed by atoms with Gasteiger partial charge >= 0.3 is 0 Å². The largest absolute Gasteiger partial charge is 0.207 e. The van der Waals surface area contributed by atoms with Crippen molar-refractivity contribution in [2.45, 2.75) is 20.8 Å². The van der Waals surface area contributed by atoms with Crippen molar-refractivity contribution in [3.63, 3.8) is 0 Å². The molecule has 0 fully saturated rings. The van der Waals surface area contributed by atoms with E-state index in [-0.39, 0.29) is 11.2 Å². The maximum absolute atomic E-state index is 12.6. The molecule has 1 rings (SSSR count). The third-order valence-electron chi connectivity index (χ3n) is 1.46. The molecular weight excluding hydrogens is 115 g/mol. The minimum atomic E-state index is -0.0694. The smallest absolute Gasteiger partial charge is 0.122 e. The Balaban J connectivity index is 2.96. The van der Waals surface area contributed by atoms with E-state index in [0.717, 1.165) is 5.57 Å². The first-order valence-corrected chi connectivity index (χ1v) is 3.09. The Morgan fingerprint density at radius 3 is 2.00 bits per heavy atom. The van der Waals surface area contributed by atoms with E-state index in [2.05, 4.69) is 0 Å². The highest BCUT2D eigenvalue weighted by atomic mass is 19.1. The van der Waals surface area contributed by atoms with Crippen molar-refractivity contribution in [1.29, 1.82) is 0 Å². The molecule has 0 amide bonds. The molecule has 0 saturated heterocycles. The average molecular weight is 126 g/mol. The summed E-state index contributed by atoms with van der Waals surface area (Å²) in [6.07, 6.45) is 3.57. The zero-order chi connectivity index (χ0) is 7.07. The van der Waals surface area contributed by atoms with Crippen molar-refractivity contribution in [3.8, 4) is 0 Å². The van der Waals surface area contributed by atoms with Crippen LogP contribution in [0.4, 0.5) is 4.39 Å². The van der Waals surface area contributed by atoms with Crippen molar-refractivity contribution < 1.29 is 4.39 Å². The van der Waals surface area contributed by atoms with Crippen LogP contribution in [0.25, 0.3) is 0 Å². The summed E-state index contributed by atoms with van der Waals surface area (Å²) >= 11 is 0. The third kappa shape index (κ3) is 1.21. The van der Waals surface area contributed by atoms with Crippen molar-refractivity contribution in [3.05, 3.63) is 23.6 Å². The van der Waals surface area contributed by atoms with Crippen molar-refractivity contribution in [2.75, 3.05) is 0 Å². The van der Waals surface area contributed by atoms with Gasteiger partial charge in [-0.2, -0.15) is 0 Å². The summed E-state index contributed by atoms with van der Waals surface area (Å²) in [4.78, 5) is 0. The number of allylic oxidation sites excluding steroid dienone is 4. The lowest BCUT2D eigenvalue weighted by Crippen LogP contribution is -1.97. The van der Waals surface area contributed by atoms with Crippen LogP contribution >= 0.6 is 0 Å². The van der Waals surface area contributed by atoms with E-state index in [1.165, 1.54) is 0 Å². The molecule has 0 aromatic carbocycles. The number of rotatable bonds is 0. The zero-order valence-corrected chi connectivity index (χ0v) is 6.03. The van der Waals surface area contributed by atoms with Crippen molar-refractivity contribution in [2.24, 2.45) is 5.41 Å². The standard InChI is InChI=1S/C8H11F/c1-6-4-8(2,3)5-7(6)9/h4-5H,1-3H3. The van der Waals surface area contributed by atoms with Crippen LogP contribution in [0, 0.1) is 5.41 Å². The molecule has 0 nitrogen and oxygen atoms in total. The summed E-state index contributed by atoms with van der Waals surface area (Å²) in [6, 6.07) is 0. The third-order valence-corrected chi connectivity index (χ3v) is 1.46. The van der Waals surface area contributed by atoms with E-state index in [4.69, 9.17) is 0 Å². The molecule has 9 heavy (non-hydrogen) atoms. The van der Waals surface area contributed by atoms with E-state index >= 15 is 0 Å². The van der Waals surface area contributed by atoms with Crippen LogP contribution in [0.2, 0.25) is 0 Å². The Hall–Kier alpha value is -0.590. The first kappa shape index (κ1) is 6.53. The quantitative estimate of drug-likeness (QED) is 0.468. The Labute approximate surface area is 55.1 Å². The molecule has 0 bridgehead atoms. The highest BCUT2D eigenvalue weighted by Gasteiger charge is 2.20. The lowest BCUT2D eigenvalue weighted by Gasteiger charge is -2.08. The van der Waals surface area contributed by atoms with Crippen LogP contribution in [0.15, 0.2) is 23.6 Å². The van der Waals surface area contributed by atoms with Gasteiger partial charge in [-0.25, -0.2) is 4.39 Å². The highest BCUT2D eigenvalue weighted by molar-refractivity contribution is 5.35. The topological polar surface area (TPSA) is 0 Å². The van der Waals surface area contributed by atoms with Crippen LogP contribution in [0.3, 0.4) is 0 Å². The Morgan fingerprint density at radius 2 is 1.89 bits per heavy atom. The van der Waals surface area contributed by atoms with Crippen LogP contribution in [0.5, 0.6) is 0 Å². The van der Waals surface area contributed by atoms with Gasteiger partial charge in [-0.3, -0.25) is 0 Å². The van der Waals surface area contributed by atoms with E-state index in [9.17, 15) is 4.39 Å². The van der Waals surface area contributed by atoms with Gasteiger partial charge in [0.1, 0.15) is 5.83 Å². The van der Waals surface area contributed by atoms with Crippen LogP contribution in [-0.4, -0.2) is 0 Å². The van der Waals surface area contributed by atoms with E-state index < -0.39 is 0 Å². The monoisotopic (exact) mass is 126 g/mol. The summed E-state index contributed by atoms with van der Waals surface area (Å²) in [5, 5.41) is 0. The minimum absolute atomic E-state index is 0.0613. The van der Waals surface area contributed by atoms with Gasteiger partial charge in [0.15, 0.2) is 0 Å². The summed E-state index contributed by atoms with van der Waals surface area (Å²) in [5.41, 5.74) is 0.703. The maximum Gasteiger partial charge on any atom is 0.122 e. The van der Waals surface area contributed by atoms with E-state index in [1.54, 1.807) is 13.0 Å². The molecule has 0 aliphatic heterocycles. The van der Waals surface area contributed by atoms with E-state index in [1.807, 2.05) is 19.9 Å². The fourth-order valence-corrected chi connectivity index (χ4v) is 1.11. The predicted octanol–water partition coefficient (Wildman–Crippen LogP) is 2.83. The molecule has 1 aliphatic carbocycles. The van der Waals surface area contributed by atoms with Gasteiger partial charge in [-0.15, -0.1) is 0 Å². The van der Waals surface area contributed by atoms with Gasteiger partial charge < -0.3 is 0 Å². The lowest BCUT2D eigenvalue weighted by atomic mass is 9.96. The molecule has 1 heteroatoms. The SMILES string of the molecule is CC1=CC(C)(C)C=C1F. The van der Waals surface area contributed by atoms with Gasteiger partial charge in [0.2, 0.25) is 0 Å². The minimum Gasteiger partial charge on any atom is -0.207 e. The van der Waals surface area contributed by atoms with Gasteiger partial charge in [0.05, 0.1) is 0 Å². The molecule has 0 aromatic heterocycles. The van der Waals surface area contributed by atoms with Crippen LogP contribution in [-0.2, 0) is 0 Å². The Kier molecular flexibility index (Phi) is 1.23.